The fourth-order valence-corrected chi connectivity index (χ4v) is 7.04. The molecular formula is C26H31N2OP. The summed E-state index contributed by atoms with van der Waals surface area (Å²) in [4.78, 5) is 0. The van der Waals surface area contributed by atoms with Crippen LogP contribution in [0, 0.1) is 0 Å². The zero-order valence-electron chi connectivity index (χ0n) is 17.9. The van der Waals surface area contributed by atoms with Gasteiger partial charge < -0.3 is 4.74 Å². The van der Waals surface area contributed by atoms with Crippen molar-refractivity contribution in [2.24, 2.45) is 5.10 Å². The highest BCUT2D eigenvalue weighted by Crippen LogP contribution is 2.42. The van der Waals surface area contributed by atoms with Gasteiger partial charge in [0, 0.05) is 19.3 Å². The molecule has 0 aromatic heterocycles. The molecule has 30 heavy (non-hydrogen) atoms. The van der Waals surface area contributed by atoms with Gasteiger partial charge in [-0.1, -0.05) is 85.8 Å². The third-order valence-electron chi connectivity index (χ3n) is 5.89. The SMILES string of the molecule is COCC1CCCN1/N=C(/C1=CC=CC1)C(C)P(c1ccccc1)c1ccccc1. The summed E-state index contributed by atoms with van der Waals surface area (Å²) < 4.78 is 5.48. The van der Waals surface area contributed by atoms with Gasteiger partial charge in [-0.05, 0) is 43.4 Å². The van der Waals surface area contributed by atoms with E-state index in [9.17, 15) is 0 Å². The standard InChI is InChI=1S/C26H31N2OP/c1-21(30(24-15-5-3-6-16-24)25-17-7-4-8-18-25)26(22-12-9-10-13-22)27-28-19-11-14-23(28)20-29-2/h3-10,12,15-18,21,23H,11,13-14,19-20H2,1-2H3/b27-26+. The highest BCUT2D eigenvalue weighted by molar-refractivity contribution is 7.74. The normalized spacial score (nSPS) is 20.1. The fourth-order valence-electron chi connectivity index (χ4n) is 4.40. The lowest BCUT2D eigenvalue weighted by Crippen LogP contribution is -2.33. The van der Waals surface area contributed by atoms with Gasteiger partial charge in [-0.15, -0.1) is 0 Å². The molecule has 0 radical (unpaired) electrons. The van der Waals surface area contributed by atoms with Gasteiger partial charge in [0.05, 0.1) is 18.4 Å². The fraction of sp³-hybridized carbons (Fsp3) is 0.346. The molecule has 0 spiro atoms. The van der Waals surface area contributed by atoms with E-state index in [0.29, 0.717) is 11.7 Å². The van der Waals surface area contributed by atoms with Gasteiger partial charge in [-0.2, -0.15) is 5.10 Å². The van der Waals surface area contributed by atoms with Crippen LogP contribution >= 0.6 is 7.92 Å². The Morgan fingerprint density at radius 1 is 1.10 bits per heavy atom. The summed E-state index contributed by atoms with van der Waals surface area (Å²) >= 11 is 0. The van der Waals surface area contributed by atoms with Crippen molar-refractivity contribution in [3.8, 4) is 0 Å². The first kappa shape index (κ1) is 21.0. The Bertz CT molecular complexity index is 868. The molecule has 0 amide bonds. The maximum Gasteiger partial charge on any atom is 0.0717 e. The topological polar surface area (TPSA) is 24.8 Å². The molecule has 2 aromatic rings. The van der Waals surface area contributed by atoms with Crippen molar-refractivity contribution >= 4 is 24.2 Å². The molecule has 0 saturated carbocycles. The Kier molecular flexibility index (Phi) is 7.15. The van der Waals surface area contributed by atoms with Crippen LogP contribution in [-0.4, -0.2) is 42.7 Å². The second-order valence-corrected chi connectivity index (χ2v) is 10.5. The molecule has 1 aliphatic heterocycles. The predicted octanol–water partition coefficient (Wildman–Crippen LogP) is 4.86. The lowest BCUT2D eigenvalue weighted by Gasteiger charge is -2.30. The van der Waals surface area contributed by atoms with E-state index in [4.69, 9.17) is 9.84 Å². The Morgan fingerprint density at radius 2 is 1.77 bits per heavy atom. The summed E-state index contributed by atoms with van der Waals surface area (Å²) in [6.45, 7) is 4.12. The molecule has 156 valence electrons. The Labute approximate surface area is 181 Å². The minimum absolute atomic E-state index is 0.319. The van der Waals surface area contributed by atoms with Gasteiger partial charge in [-0.25, -0.2) is 0 Å². The smallest absolute Gasteiger partial charge is 0.0717 e. The first-order valence-electron chi connectivity index (χ1n) is 10.9. The van der Waals surface area contributed by atoms with E-state index in [1.807, 2.05) is 0 Å². The predicted molar refractivity (Wildman–Crippen MR) is 129 cm³/mol. The number of hydrogen-bond acceptors (Lipinski definition) is 3. The van der Waals surface area contributed by atoms with Crippen molar-refractivity contribution in [2.45, 2.75) is 37.9 Å². The van der Waals surface area contributed by atoms with E-state index in [2.05, 4.69) is 90.8 Å². The number of methoxy groups -OCH3 is 1. The molecule has 4 rings (SSSR count). The number of ether oxygens (including phenoxy) is 1. The minimum Gasteiger partial charge on any atom is -0.382 e. The number of hydrogen-bond donors (Lipinski definition) is 0. The number of hydrazone groups is 1. The lowest BCUT2D eigenvalue weighted by molar-refractivity contribution is 0.118. The van der Waals surface area contributed by atoms with E-state index < -0.39 is 7.92 Å². The van der Waals surface area contributed by atoms with Crippen LogP contribution in [0.25, 0.3) is 0 Å². The minimum atomic E-state index is -0.567. The van der Waals surface area contributed by atoms with Crippen molar-refractivity contribution in [2.75, 3.05) is 20.3 Å². The van der Waals surface area contributed by atoms with E-state index >= 15 is 0 Å². The summed E-state index contributed by atoms with van der Waals surface area (Å²) in [5.41, 5.74) is 2.91. The molecule has 2 aliphatic rings. The lowest BCUT2D eigenvalue weighted by atomic mass is 10.1. The molecule has 4 heteroatoms. The molecule has 1 saturated heterocycles. The maximum absolute atomic E-state index is 5.48. The summed E-state index contributed by atoms with van der Waals surface area (Å²) in [7, 11) is 1.22. The zero-order valence-corrected chi connectivity index (χ0v) is 18.8. The molecule has 0 bridgehead atoms. The second kappa shape index (κ2) is 10.2. The second-order valence-electron chi connectivity index (χ2n) is 7.94. The molecule has 1 heterocycles. The number of allylic oxidation sites excluding steroid dienone is 4. The van der Waals surface area contributed by atoms with Crippen LogP contribution in [0.5, 0.6) is 0 Å². The first-order valence-corrected chi connectivity index (χ1v) is 12.3. The first-order chi connectivity index (χ1) is 14.8. The highest BCUT2D eigenvalue weighted by atomic mass is 31.1. The maximum atomic E-state index is 5.48. The van der Waals surface area contributed by atoms with Gasteiger partial charge >= 0.3 is 0 Å². The molecule has 0 N–H and O–H groups in total. The Balaban J connectivity index is 1.73. The van der Waals surface area contributed by atoms with Crippen molar-refractivity contribution in [3.63, 3.8) is 0 Å². The van der Waals surface area contributed by atoms with Gasteiger partial charge in [0.1, 0.15) is 0 Å². The molecule has 2 unspecified atom stereocenters. The molecule has 2 atom stereocenters. The van der Waals surface area contributed by atoms with Crippen LogP contribution in [0.3, 0.4) is 0 Å². The average molecular weight is 419 g/mol. The summed E-state index contributed by atoms with van der Waals surface area (Å²) in [5.74, 6) is 0. The van der Waals surface area contributed by atoms with Crippen LogP contribution in [0.4, 0.5) is 0 Å². The number of benzene rings is 2. The zero-order chi connectivity index (χ0) is 20.8. The third-order valence-corrected chi connectivity index (χ3v) is 8.62. The van der Waals surface area contributed by atoms with E-state index in [0.717, 1.165) is 26.0 Å². The number of rotatable bonds is 8. The van der Waals surface area contributed by atoms with Crippen LogP contribution in [0.15, 0.2) is 89.6 Å². The van der Waals surface area contributed by atoms with Gasteiger partial charge in [0.2, 0.25) is 0 Å². The van der Waals surface area contributed by atoms with E-state index in [1.54, 1.807) is 7.11 Å². The molecule has 1 fully saturated rings. The van der Waals surface area contributed by atoms with Crippen molar-refractivity contribution in [1.82, 2.24) is 5.01 Å². The van der Waals surface area contributed by atoms with Crippen molar-refractivity contribution in [1.29, 1.82) is 0 Å². The van der Waals surface area contributed by atoms with Crippen LogP contribution < -0.4 is 10.6 Å². The molecular weight excluding hydrogens is 387 g/mol. The van der Waals surface area contributed by atoms with E-state index in [-0.39, 0.29) is 0 Å². The highest BCUT2D eigenvalue weighted by Gasteiger charge is 2.30. The van der Waals surface area contributed by atoms with Crippen molar-refractivity contribution in [3.05, 3.63) is 84.5 Å². The summed E-state index contributed by atoms with van der Waals surface area (Å²) in [6, 6.07) is 22.3. The van der Waals surface area contributed by atoms with Crippen molar-refractivity contribution < 1.29 is 4.74 Å². The summed E-state index contributed by atoms with van der Waals surface area (Å²) in [6.07, 6.45) is 9.97. The number of nitrogens with zero attached hydrogens (tertiary/aromatic N) is 2. The van der Waals surface area contributed by atoms with Crippen LogP contribution in [0.1, 0.15) is 26.2 Å². The van der Waals surface area contributed by atoms with Crippen LogP contribution in [0.2, 0.25) is 0 Å². The largest absolute Gasteiger partial charge is 0.382 e. The van der Waals surface area contributed by atoms with E-state index in [1.165, 1.54) is 28.3 Å². The quantitative estimate of drug-likeness (QED) is 0.452. The monoisotopic (exact) mass is 418 g/mol. The van der Waals surface area contributed by atoms with Crippen LogP contribution in [-0.2, 0) is 4.74 Å². The van der Waals surface area contributed by atoms with Gasteiger partial charge in [-0.3, -0.25) is 5.01 Å². The Hall–Kier alpha value is -2.22. The summed E-state index contributed by atoms with van der Waals surface area (Å²) in [5, 5.41) is 10.4. The van der Waals surface area contributed by atoms with Gasteiger partial charge in [0.15, 0.2) is 0 Å². The molecule has 2 aromatic carbocycles. The average Bonchev–Trinajstić information content (AvgIpc) is 3.46. The third kappa shape index (κ3) is 4.74. The Morgan fingerprint density at radius 3 is 2.33 bits per heavy atom. The van der Waals surface area contributed by atoms with Gasteiger partial charge in [0.25, 0.3) is 0 Å². The molecule has 3 nitrogen and oxygen atoms in total. The molecule has 1 aliphatic carbocycles.